The zero-order chi connectivity index (χ0) is 11.1. The van der Waals surface area contributed by atoms with Crippen molar-refractivity contribution in [3.05, 3.63) is 30.0 Å². The third kappa shape index (κ3) is 2.20. The topological polar surface area (TPSA) is 17.8 Å². The van der Waals surface area contributed by atoms with Gasteiger partial charge >= 0.3 is 0 Å². The Kier molecular flexibility index (Phi) is 2.29. The summed E-state index contributed by atoms with van der Waals surface area (Å²) in [5.41, 5.74) is 2.94. The van der Waals surface area contributed by atoms with Crippen molar-refractivity contribution in [2.24, 2.45) is 12.5 Å². The van der Waals surface area contributed by atoms with Gasteiger partial charge in [0, 0.05) is 12.4 Å². The molecule has 2 aromatic rings. The van der Waals surface area contributed by atoms with Gasteiger partial charge in [0.15, 0.2) is 0 Å². The first-order valence-corrected chi connectivity index (χ1v) is 5.36. The minimum atomic E-state index is 0.343. The molecule has 0 radical (unpaired) electrons. The number of hydrogen-bond donors (Lipinski definition) is 0. The SMILES string of the molecule is Cn1ncc2cc(CC(C)(C)C)ccc21. The van der Waals surface area contributed by atoms with Crippen LogP contribution in [0.3, 0.4) is 0 Å². The predicted molar refractivity (Wildman–Crippen MR) is 63.9 cm³/mol. The Labute approximate surface area is 90.9 Å². The van der Waals surface area contributed by atoms with Crippen molar-refractivity contribution in [2.45, 2.75) is 27.2 Å². The van der Waals surface area contributed by atoms with Gasteiger partial charge in [0.1, 0.15) is 0 Å². The molecule has 0 fully saturated rings. The summed E-state index contributed by atoms with van der Waals surface area (Å²) >= 11 is 0. The van der Waals surface area contributed by atoms with Gasteiger partial charge < -0.3 is 0 Å². The van der Waals surface area contributed by atoms with Crippen LogP contribution in [-0.4, -0.2) is 9.78 Å². The van der Waals surface area contributed by atoms with Crippen molar-refractivity contribution in [2.75, 3.05) is 0 Å². The predicted octanol–water partition coefficient (Wildman–Crippen LogP) is 3.16. The van der Waals surface area contributed by atoms with Crippen molar-refractivity contribution in [1.82, 2.24) is 9.78 Å². The molecule has 0 aliphatic rings. The maximum Gasteiger partial charge on any atom is 0.0679 e. The molecule has 0 amide bonds. The van der Waals surface area contributed by atoms with E-state index in [4.69, 9.17) is 0 Å². The normalized spacial score (nSPS) is 12.3. The van der Waals surface area contributed by atoms with Crippen LogP contribution in [0.4, 0.5) is 0 Å². The first-order valence-electron chi connectivity index (χ1n) is 5.36. The second kappa shape index (κ2) is 3.37. The van der Waals surface area contributed by atoms with Gasteiger partial charge in [0.2, 0.25) is 0 Å². The Morgan fingerprint density at radius 2 is 2.00 bits per heavy atom. The molecule has 0 aliphatic carbocycles. The number of rotatable bonds is 1. The van der Waals surface area contributed by atoms with Crippen LogP contribution in [0.1, 0.15) is 26.3 Å². The Morgan fingerprint density at radius 3 is 2.67 bits per heavy atom. The molecule has 0 saturated heterocycles. The number of fused-ring (bicyclic) bond motifs is 1. The van der Waals surface area contributed by atoms with E-state index in [9.17, 15) is 0 Å². The molecular weight excluding hydrogens is 184 g/mol. The van der Waals surface area contributed by atoms with Crippen LogP contribution >= 0.6 is 0 Å². The third-order valence-corrected chi connectivity index (χ3v) is 2.55. The molecule has 15 heavy (non-hydrogen) atoms. The second-order valence-corrected chi connectivity index (χ2v) is 5.40. The zero-order valence-electron chi connectivity index (χ0n) is 9.91. The van der Waals surface area contributed by atoms with Crippen LogP contribution in [0, 0.1) is 5.41 Å². The lowest BCUT2D eigenvalue weighted by Crippen LogP contribution is -2.08. The Balaban J connectivity index is 2.39. The van der Waals surface area contributed by atoms with Gasteiger partial charge in [-0.25, -0.2) is 0 Å². The van der Waals surface area contributed by atoms with Crippen molar-refractivity contribution in [3.8, 4) is 0 Å². The molecule has 0 unspecified atom stereocenters. The van der Waals surface area contributed by atoms with Gasteiger partial charge in [-0.15, -0.1) is 0 Å². The second-order valence-electron chi connectivity index (χ2n) is 5.40. The summed E-state index contributed by atoms with van der Waals surface area (Å²) in [6.45, 7) is 6.79. The van der Waals surface area contributed by atoms with Crippen LogP contribution in [0.25, 0.3) is 10.9 Å². The van der Waals surface area contributed by atoms with Gasteiger partial charge in [0.25, 0.3) is 0 Å². The molecule has 0 N–H and O–H groups in total. The summed E-state index contributed by atoms with van der Waals surface area (Å²) < 4.78 is 1.91. The average Bonchev–Trinajstić information content (AvgIpc) is 2.45. The number of benzene rings is 1. The maximum atomic E-state index is 4.25. The van der Waals surface area contributed by atoms with Crippen molar-refractivity contribution in [1.29, 1.82) is 0 Å². The van der Waals surface area contributed by atoms with E-state index in [1.54, 1.807) is 0 Å². The van der Waals surface area contributed by atoms with E-state index in [1.165, 1.54) is 16.5 Å². The number of nitrogens with zero attached hydrogens (tertiary/aromatic N) is 2. The van der Waals surface area contributed by atoms with Gasteiger partial charge in [-0.05, 0) is 29.5 Å². The summed E-state index contributed by atoms with van der Waals surface area (Å²) in [7, 11) is 1.98. The molecule has 1 aromatic heterocycles. The Morgan fingerprint density at radius 1 is 1.27 bits per heavy atom. The lowest BCUT2D eigenvalue weighted by atomic mass is 9.88. The minimum Gasteiger partial charge on any atom is -0.268 e. The molecule has 1 aromatic carbocycles. The Hall–Kier alpha value is -1.31. The van der Waals surface area contributed by atoms with Crippen LogP contribution in [0.2, 0.25) is 0 Å². The lowest BCUT2D eigenvalue weighted by molar-refractivity contribution is 0.411. The summed E-state index contributed by atoms with van der Waals surface area (Å²) in [4.78, 5) is 0. The van der Waals surface area contributed by atoms with Crippen LogP contribution in [0.15, 0.2) is 24.4 Å². The largest absolute Gasteiger partial charge is 0.268 e. The highest BCUT2D eigenvalue weighted by Crippen LogP contribution is 2.23. The first kappa shape index (κ1) is 10.2. The number of aromatic nitrogens is 2. The standard InChI is InChI=1S/C13H18N2/c1-13(2,3)8-10-5-6-12-11(7-10)9-14-15(12)4/h5-7,9H,8H2,1-4H3. The van der Waals surface area contributed by atoms with Gasteiger partial charge in [-0.3, -0.25) is 4.68 Å². The van der Waals surface area contributed by atoms with E-state index in [0.29, 0.717) is 5.41 Å². The van der Waals surface area contributed by atoms with E-state index in [0.717, 1.165) is 6.42 Å². The molecule has 0 atom stereocenters. The molecule has 2 nitrogen and oxygen atoms in total. The summed E-state index contributed by atoms with van der Waals surface area (Å²) in [6.07, 6.45) is 3.04. The monoisotopic (exact) mass is 202 g/mol. The fourth-order valence-corrected chi connectivity index (χ4v) is 1.94. The molecule has 0 spiro atoms. The fourth-order valence-electron chi connectivity index (χ4n) is 1.94. The van der Waals surface area contributed by atoms with Crippen LogP contribution < -0.4 is 0 Å². The average molecular weight is 202 g/mol. The van der Waals surface area contributed by atoms with E-state index in [1.807, 2.05) is 17.9 Å². The maximum absolute atomic E-state index is 4.25. The van der Waals surface area contributed by atoms with Crippen molar-refractivity contribution >= 4 is 10.9 Å². The highest BCUT2D eigenvalue weighted by Gasteiger charge is 2.11. The molecule has 1 heterocycles. The molecular formula is C13H18N2. The highest BCUT2D eigenvalue weighted by molar-refractivity contribution is 5.79. The summed E-state index contributed by atoms with van der Waals surface area (Å²) in [5, 5.41) is 5.49. The first-order chi connectivity index (χ1) is 6.96. The summed E-state index contributed by atoms with van der Waals surface area (Å²) in [5.74, 6) is 0. The smallest absolute Gasteiger partial charge is 0.0679 e. The highest BCUT2D eigenvalue weighted by atomic mass is 15.2. The molecule has 0 saturated carbocycles. The summed E-state index contributed by atoms with van der Waals surface area (Å²) in [6, 6.07) is 6.60. The van der Waals surface area contributed by atoms with Gasteiger partial charge in [-0.2, -0.15) is 5.10 Å². The minimum absolute atomic E-state index is 0.343. The van der Waals surface area contributed by atoms with Crippen LogP contribution in [-0.2, 0) is 13.5 Å². The Bertz CT molecular complexity index is 475. The van der Waals surface area contributed by atoms with Crippen LogP contribution in [0.5, 0.6) is 0 Å². The van der Waals surface area contributed by atoms with Crippen molar-refractivity contribution in [3.63, 3.8) is 0 Å². The number of aryl methyl sites for hydroxylation is 1. The van der Waals surface area contributed by atoms with E-state index in [-0.39, 0.29) is 0 Å². The van der Waals surface area contributed by atoms with Gasteiger partial charge in [0.05, 0.1) is 11.7 Å². The third-order valence-electron chi connectivity index (χ3n) is 2.55. The molecule has 80 valence electrons. The van der Waals surface area contributed by atoms with E-state index in [2.05, 4.69) is 44.1 Å². The molecule has 0 aliphatic heterocycles. The van der Waals surface area contributed by atoms with E-state index < -0.39 is 0 Å². The zero-order valence-corrected chi connectivity index (χ0v) is 9.91. The fraction of sp³-hybridized carbons (Fsp3) is 0.462. The quantitative estimate of drug-likeness (QED) is 0.694. The van der Waals surface area contributed by atoms with Gasteiger partial charge in [-0.1, -0.05) is 26.8 Å². The van der Waals surface area contributed by atoms with E-state index >= 15 is 0 Å². The molecule has 2 heteroatoms. The lowest BCUT2D eigenvalue weighted by Gasteiger charge is -2.17. The number of hydrogen-bond acceptors (Lipinski definition) is 1. The van der Waals surface area contributed by atoms with Crippen molar-refractivity contribution < 1.29 is 0 Å². The molecule has 2 rings (SSSR count). The molecule has 0 bridgehead atoms.